The summed E-state index contributed by atoms with van der Waals surface area (Å²) >= 11 is 0. The number of benzene rings is 1. The van der Waals surface area contributed by atoms with Crippen LogP contribution >= 0.6 is 0 Å². The molecular formula is C18H16FN5O2. The van der Waals surface area contributed by atoms with Gasteiger partial charge in [-0.25, -0.2) is 9.37 Å². The Morgan fingerprint density at radius 3 is 3.00 bits per heavy atom. The second kappa shape index (κ2) is 6.21. The summed E-state index contributed by atoms with van der Waals surface area (Å²) in [7, 11) is 0. The Labute approximate surface area is 147 Å². The zero-order chi connectivity index (χ0) is 18.3. The summed E-state index contributed by atoms with van der Waals surface area (Å²) in [6.45, 7) is 2.38. The van der Waals surface area contributed by atoms with Gasteiger partial charge in [-0.1, -0.05) is 12.1 Å². The van der Waals surface area contributed by atoms with Crippen molar-refractivity contribution in [3.63, 3.8) is 0 Å². The number of fused-ring (bicyclic) bond motifs is 1. The molecule has 0 unspecified atom stereocenters. The number of aromatic amines is 2. The minimum absolute atomic E-state index is 0.150. The summed E-state index contributed by atoms with van der Waals surface area (Å²) in [5, 5.41) is 6.72. The zero-order valence-electron chi connectivity index (χ0n) is 14.0. The van der Waals surface area contributed by atoms with Gasteiger partial charge in [0.05, 0.1) is 29.7 Å². The number of aryl methyl sites for hydroxylation is 1. The first-order valence-electron chi connectivity index (χ1n) is 8.20. The Bertz CT molecular complexity index is 1060. The van der Waals surface area contributed by atoms with Gasteiger partial charge in [0.25, 0.3) is 11.5 Å². The van der Waals surface area contributed by atoms with Crippen LogP contribution in [0.3, 0.4) is 0 Å². The van der Waals surface area contributed by atoms with Crippen molar-refractivity contribution in [3.8, 4) is 11.3 Å². The maximum Gasteiger partial charge on any atom is 0.258 e. The molecule has 0 aliphatic carbocycles. The molecule has 7 nitrogen and oxygen atoms in total. The average Bonchev–Trinajstić information content (AvgIpc) is 3.10. The van der Waals surface area contributed by atoms with Crippen LogP contribution in [0, 0.1) is 12.7 Å². The van der Waals surface area contributed by atoms with E-state index in [0.717, 1.165) is 0 Å². The Hall–Kier alpha value is -3.29. The summed E-state index contributed by atoms with van der Waals surface area (Å²) in [5.74, 6) is -0.100. The van der Waals surface area contributed by atoms with E-state index in [9.17, 15) is 14.0 Å². The van der Waals surface area contributed by atoms with Crippen LogP contribution in [-0.2, 0) is 13.0 Å². The van der Waals surface area contributed by atoms with Crippen LogP contribution < -0.4 is 5.56 Å². The minimum Gasteiger partial charge on any atom is -0.332 e. The van der Waals surface area contributed by atoms with Crippen LogP contribution in [-0.4, -0.2) is 37.5 Å². The second-order valence-electron chi connectivity index (χ2n) is 6.22. The molecule has 0 fully saturated rings. The molecule has 132 valence electrons. The summed E-state index contributed by atoms with van der Waals surface area (Å²) in [5.41, 5.74) is 2.46. The van der Waals surface area contributed by atoms with E-state index in [1.165, 1.54) is 18.3 Å². The molecule has 0 bridgehead atoms. The number of nitrogens with one attached hydrogen (secondary N) is 2. The lowest BCUT2D eigenvalue weighted by Gasteiger charge is -2.27. The summed E-state index contributed by atoms with van der Waals surface area (Å²) in [6.07, 6.45) is 1.88. The van der Waals surface area contributed by atoms with Gasteiger partial charge in [-0.05, 0) is 25.5 Å². The predicted molar refractivity (Wildman–Crippen MR) is 92.0 cm³/mol. The predicted octanol–water partition coefficient (Wildman–Crippen LogP) is 1.81. The van der Waals surface area contributed by atoms with Crippen molar-refractivity contribution < 1.29 is 9.18 Å². The number of rotatable bonds is 2. The van der Waals surface area contributed by atoms with Crippen LogP contribution in [0.15, 0.2) is 35.3 Å². The monoisotopic (exact) mass is 353 g/mol. The van der Waals surface area contributed by atoms with Crippen molar-refractivity contribution >= 4 is 5.91 Å². The molecule has 1 aliphatic heterocycles. The Morgan fingerprint density at radius 2 is 2.19 bits per heavy atom. The number of carbonyl (C=O) groups excluding carboxylic acids is 1. The smallest absolute Gasteiger partial charge is 0.258 e. The molecule has 0 spiro atoms. The fraction of sp³-hybridized carbons (Fsp3) is 0.222. The molecular weight excluding hydrogens is 337 g/mol. The maximum absolute atomic E-state index is 13.5. The normalized spacial score (nSPS) is 13.5. The summed E-state index contributed by atoms with van der Waals surface area (Å²) in [6, 6.07) is 5.98. The van der Waals surface area contributed by atoms with Gasteiger partial charge in [0.1, 0.15) is 11.6 Å². The van der Waals surface area contributed by atoms with E-state index in [1.54, 1.807) is 24.0 Å². The lowest BCUT2D eigenvalue weighted by atomic mass is 10.0. The first-order chi connectivity index (χ1) is 12.5. The van der Waals surface area contributed by atoms with E-state index >= 15 is 0 Å². The Balaban J connectivity index is 1.66. The molecule has 3 heterocycles. The first kappa shape index (κ1) is 16.2. The van der Waals surface area contributed by atoms with Gasteiger partial charge in [0.2, 0.25) is 0 Å². The van der Waals surface area contributed by atoms with Gasteiger partial charge in [0, 0.05) is 17.7 Å². The topological polar surface area (TPSA) is 94.7 Å². The van der Waals surface area contributed by atoms with E-state index in [1.807, 2.05) is 0 Å². The van der Waals surface area contributed by atoms with Gasteiger partial charge in [0.15, 0.2) is 0 Å². The molecule has 3 aromatic rings. The van der Waals surface area contributed by atoms with Gasteiger partial charge >= 0.3 is 0 Å². The lowest BCUT2D eigenvalue weighted by Crippen LogP contribution is -2.39. The largest absolute Gasteiger partial charge is 0.332 e. The van der Waals surface area contributed by atoms with E-state index in [0.29, 0.717) is 46.9 Å². The van der Waals surface area contributed by atoms with Gasteiger partial charge in [-0.2, -0.15) is 5.10 Å². The van der Waals surface area contributed by atoms with Crippen molar-refractivity contribution in [1.82, 2.24) is 25.1 Å². The van der Waals surface area contributed by atoms with Gasteiger partial charge < -0.3 is 9.88 Å². The van der Waals surface area contributed by atoms with Gasteiger partial charge in [-0.3, -0.25) is 14.7 Å². The van der Waals surface area contributed by atoms with Crippen molar-refractivity contribution in [2.75, 3.05) is 6.54 Å². The average molecular weight is 353 g/mol. The highest BCUT2D eigenvalue weighted by atomic mass is 19.1. The highest BCUT2D eigenvalue weighted by Crippen LogP contribution is 2.24. The molecule has 1 amide bonds. The molecule has 0 radical (unpaired) electrons. The number of hydrogen-bond acceptors (Lipinski definition) is 4. The number of halogens is 1. The third-order valence-electron chi connectivity index (χ3n) is 4.46. The number of hydrogen-bond donors (Lipinski definition) is 2. The van der Waals surface area contributed by atoms with Crippen LogP contribution in [0.5, 0.6) is 0 Å². The fourth-order valence-corrected chi connectivity index (χ4v) is 3.22. The molecule has 4 rings (SSSR count). The minimum atomic E-state index is -0.388. The van der Waals surface area contributed by atoms with E-state index in [4.69, 9.17) is 0 Å². The van der Waals surface area contributed by atoms with Crippen molar-refractivity contribution in [2.24, 2.45) is 0 Å². The summed E-state index contributed by atoms with van der Waals surface area (Å²) in [4.78, 5) is 33.7. The van der Waals surface area contributed by atoms with Crippen molar-refractivity contribution in [3.05, 3.63) is 69.3 Å². The molecule has 0 atom stereocenters. The molecule has 0 saturated carbocycles. The SMILES string of the molecule is Cc1nc2c(c(=O)[nH]1)CCN(C(=O)c1cn[nH]c1-c1cccc(F)c1)C2. The molecule has 1 aliphatic rings. The highest BCUT2D eigenvalue weighted by Gasteiger charge is 2.27. The quantitative estimate of drug-likeness (QED) is 0.734. The Morgan fingerprint density at radius 1 is 1.35 bits per heavy atom. The molecule has 2 aromatic heterocycles. The third kappa shape index (κ3) is 2.79. The molecule has 0 saturated heterocycles. The number of nitrogens with zero attached hydrogens (tertiary/aromatic N) is 3. The molecule has 2 N–H and O–H groups in total. The van der Waals surface area contributed by atoms with Crippen LogP contribution in [0.4, 0.5) is 4.39 Å². The van der Waals surface area contributed by atoms with E-state index in [2.05, 4.69) is 20.2 Å². The lowest BCUT2D eigenvalue weighted by molar-refractivity contribution is 0.0732. The first-order valence-corrected chi connectivity index (χ1v) is 8.20. The number of amides is 1. The van der Waals surface area contributed by atoms with Crippen molar-refractivity contribution in [2.45, 2.75) is 19.9 Å². The maximum atomic E-state index is 13.5. The van der Waals surface area contributed by atoms with E-state index < -0.39 is 0 Å². The van der Waals surface area contributed by atoms with Crippen LogP contribution in [0.25, 0.3) is 11.3 Å². The molecule has 1 aromatic carbocycles. The number of H-pyrrole nitrogens is 2. The van der Waals surface area contributed by atoms with Crippen molar-refractivity contribution in [1.29, 1.82) is 0 Å². The second-order valence-corrected chi connectivity index (χ2v) is 6.22. The summed E-state index contributed by atoms with van der Waals surface area (Å²) < 4.78 is 13.5. The van der Waals surface area contributed by atoms with Crippen LogP contribution in [0.1, 0.15) is 27.4 Å². The standard InChI is InChI=1S/C18H16FN5O2/c1-10-21-15-9-24(6-5-13(15)17(25)22-10)18(26)14-8-20-23-16(14)11-3-2-4-12(19)7-11/h2-4,7-8H,5-6,9H2,1H3,(H,20,23)(H,21,22,25). The molecule has 26 heavy (non-hydrogen) atoms. The number of carbonyl (C=O) groups is 1. The number of aromatic nitrogens is 4. The van der Waals surface area contributed by atoms with Gasteiger partial charge in [-0.15, -0.1) is 0 Å². The molecule has 8 heteroatoms. The highest BCUT2D eigenvalue weighted by molar-refractivity contribution is 5.99. The third-order valence-corrected chi connectivity index (χ3v) is 4.46. The fourth-order valence-electron chi connectivity index (χ4n) is 3.22. The zero-order valence-corrected chi connectivity index (χ0v) is 14.0. The van der Waals surface area contributed by atoms with E-state index in [-0.39, 0.29) is 23.8 Å². The van der Waals surface area contributed by atoms with Crippen LogP contribution in [0.2, 0.25) is 0 Å². The Kier molecular flexibility index (Phi) is 3.87.